The van der Waals surface area contributed by atoms with Gasteiger partial charge < -0.3 is 5.11 Å². The van der Waals surface area contributed by atoms with Gasteiger partial charge in [-0.15, -0.1) is 0 Å². The van der Waals surface area contributed by atoms with Crippen LogP contribution in [0.2, 0.25) is 5.02 Å². The first-order valence-electron chi connectivity index (χ1n) is 6.27. The molecule has 104 valence electrons. The Bertz CT molecular complexity index is 599. The molecule has 1 unspecified atom stereocenters. The van der Waals surface area contributed by atoms with Gasteiger partial charge >= 0.3 is 5.97 Å². The minimum atomic E-state index is -0.937. The lowest BCUT2D eigenvalue weighted by Gasteiger charge is -2.13. The van der Waals surface area contributed by atoms with Gasteiger partial charge in [0.1, 0.15) is 5.82 Å². The molecule has 20 heavy (non-hydrogen) atoms. The van der Waals surface area contributed by atoms with Crippen molar-refractivity contribution in [2.45, 2.75) is 12.8 Å². The van der Waals surface area contributed by atoms with E-state index < -0.39 is 17.7 Å². The van der Waals surface area contributed by atoms with Crippen molar-refractivity contribution in [2.24, 2.45) is 5.92 Å². The summed E-state index contributed by atoms with van der Waals surface area (Å²) in [5.41, 5.74) is 1.25. The molecule has 1 N–H and O–H groups in total. The van der Waals surface area contributed by atoms with Crippen LogP contribution in [0.25, 0.3) is 0 Å². The van der Waals surface area contributed by atoms with Crippen LogP contribution in [-0.2, 0) is 17.6 Å². The summed E-state index contributed by atoms with van der Waals surface area (Å²) in [5.74, 6) is -2.15. The number of carboxylic acid groups (broad SMARTS) is 1. The highest BCUT2D eigenvalue weighted by molar-refractivity contribution is 6.30. The van der Waals surface area contributed by atoms with Crippen molar-refractivity contribution < 1.29 is 14.3 Å². The Balaban J connectivity index is 2.18. The lowest BCUT2D eigenvalue weighted by atomic mass is 9.92. The van der Waals surface area contributed by atoms with E-state index in [0.29, 0.717) is 12.0 Å². The molecule has 0 heterocycles. The van der Waals surface area contributed by atoms with Gasteiger partial charge in [-0.2, -0.15) is 0 Å². The minimum absolute atomic E-state index is 0.0198. The largest absolute Gasteiger partial charge is 0.481 e. The van der Waals surface area contributed by atoms with Crippen LogP contribution < -0.4 is 0 Å². The van der Waals surface area contributed by atoms with E-state index in [4.69, 9.17) is 11.6 Å². The molecule has 2 aromatic rings. The summed E-state index contributed by atoms with van der Waals surface area (Å²) in [5, 5.41) is 9.32. The molecule has 2 nitrogen and oxygen atoms in total. The number of rotatable bonds is 5. The fraction of sp³-hybridized carbons (Fsp3) is 0.188. The van der Waals surface area contributed by atoms with Crippen molar-refractivity contribution in [1.29, 1.82) is 0 Å². The summed E-state index contributed by atoms with van der Waals surface area (Å²) >= 11 is 5.71. The van der Waals surface area contributed by atoms with Crippen molar-refractivity contribution in [3.8, 4) is 0 Å². The molecule has 0 radical (unpaired) electrons. The van der Waals surface area contributed by atoms with E-state index in [2.05, 4.69) is 0 Å². The van der Waals surface area contributed by atoms with Crippen molar-refractivity contribution in [2.75, 3.05) is 0 Å². The van der Waals surface area contributed by atoms with Crippen LogP contribution in [0, 0.1) is 11.7 Å². The standard InChI is InChI=1S/C16H14ClFO2/c17-14-8-4-7-12(15(14)18)10-13(16(19)20)9-11-5-2-1-3-6-11/h1-8,13H,9-10H2,(H,19,20). The molecule has 0 amide bonds. The molecule has 0 aliphatic heterocycles. The highest BCUT2D eigenvalue weighted by Crippen LogP contribution is 2.22. The number of carboxylic acids is 1. The smallest absolute Gasteiger partial charge is 0.307 e. The monoisotopic (exact) mass is 292 g/mol. The second-order valence-corrected chi connectivity index (χ2v) is 5.05. The Hall–Kier alpha value is -1.87. The molecule has 0 aliphatic rings. The van der Waals surface area contributed by atoms with Gasteiger partial charge in [0.25, 0.3) is 0 Å². The van der Waals surface area contributed by atoms with E-state index in [0.717, 1.165) is 5.56 Å². The number of benzene rings is 2. The minimum Gasteiger partial charge on any atom is -0.481 e. The van der Waals surface area contributed by atoms with E-state index in [1.165, 1.54) is 6.07 Å². The fourth-order valence-corrected chi connectivity index (χ4v) is 2.31. The maximum absolute atomic E-state index is 13.8. The number of hydrogen-bond donors (Lipinski definition) is 1. The average Bonchev–Trinajstić information content (AvgIpc) is 2.44. The van der Waals surface area contributed by atoms with E-state index in [9.17, 15) is 14.3 Å². The Morgan fingerprint density at radius 2 is 1.80 bits per heavy atom. The van der Waals surface area contributed by atoms with E-state index in [1.807, 2.05) is 30.3 Å². The molecule has 4 heteroatoms. The summed E-state index contributed by atoms with van der Waals surface area (Å²) in [4.78, 5) is 11.3. The predicted molar refractivity (Wildman–Crippen MR) is 76.4 cm³/mol. The number of carbonyl (C=O) groups is 1. The predicted octanol–water partition coefficient (Wildman–Crippen LogP) is 3.97. The van der Waals surface area contributed by atoms with Gasteiger partial charge in [0.15, 0.2) is 0 Å². The Labute approximate surface area is 121 Å². The molecular formula is C16H14ClFO2. The van der Waals surface area contributed by atoms with Crippen LogP contribution in [0.5, 0.6) is 0 Å². The lowest BCUT2D eigenvalue weighted by molar-refractivity contribution is -0.141. The maximum Gasteiger partial charge on any atom is 0.307 e. The zero-order valence-corrected chi connectivity index (χ0v) is 11.5. The SMILES string of the molecule is O=C(O)C(Cc1ccccc1)Cc1cccc(Cl)c1F. The average molecular weight is 293 g/mol. The summed E-state index contributed by atoms with van der Waals surface area (Å²) in [6, 6.07) is 14.0. The molecule has 0 aliphatic carbocycles. The first kappa shape index (κ1) is 14.5. The molecule has 0 saturated carbocycles. The summed E-state index contributed by atoms with van der Waals surface area (Å²) in [6.45, 7) is 0. The zero-order chi connectivity index (χ0) is 14.5. The summed E-state index contributed by atoms with van der Waals surface area (Å²) in [7, 11) is 0. The topological polar surface area (TPSA) is 37.3 Å². The molecule has 0 bridgehead atoms. The third kappa shape index (κ3) is 3.58. The van der Waals surface area contributed by atoms with Gasteiger partial charge in [0.2, 0.25) is 0 Å². The normalized spacial score (nSPS) is 12.1. The van der Waals surface area contributed by atoms with Crippen LogP contribution >= 0.6 is 11.6 Å². The molecule has 0 spiro atoms. The molecule has 2 aromatic carbocycles. The zero-order valence-electron chi connectivity index (χ0n) is 10.7. The molecular weight excluding hydrogens is 279 g/mol. The lowest BCUT2D eigenvalue weighted by Crippen LogP contribution is -2.19. The first-order chi connectivity index (χ1) is 9.58. The van der Waals surface area contributed by atoms with Crippen LogP contribution in [0.15, 0.2) is 48.5 Å². The molecule has 0 aromatic heterocycles. The number of hydrogen-bond acceptors (Lipinski definition) is 1. The Morgan fingerprint density at radius 1 is 1.10 bits per heavy atom. The first-order valence-corrected chi connectivity index (χ1v) is 6.65. The number of aliphatic carboxylic acids is 1. The van der Waals surface area contributed by atoms with Gasteiger partial charge in [0.05, 0.1) is 10.9 Å². The number of halogens is 2. The van der Waals surface area contributed by atoms with Crippen molar-refractivity contribution in [3.63, 3.8) is 0 Å². The second-order valence-electron chi connectivity index (χ2n) is 4.64. The third-order valence-electron chi connectivity index (χ3n) is 3.17. The quantitative estimate of drug-likeness (QED) is 0.905. The molecule has 0 saturated heterocycles. The third-order valence-corrected chi connectivity index (χ3v) is 3.46. The maximum atomic E-state index is 13.8. The van der Waals surface area contributed by atoms with Crippen LogP contribution in [0.3, 0.4) is 0 Å². The van der Waals surface area contributed by atoms with E-state index in [1.54, 1.807) is 12.1 Å². The molecule has 1 atom stereocenters. The second kappa shape index (κ2) is 6.53. The van der Waals surface area contributed by atoms with E-state index in [-0.39, 0.29) is 11.4 Å². The van der Waals surface area contributed by atoms with Crippen LogP contribution in [0.4, 0.5) is 4.39 Å². The Morgan fingerprint density at radius 3 is 2.45 bits per heavy atom. The van der Waals surface area contributed by atoms with Gasteiger partial charge in [-0.05, 0) is 30.0 Å². The van der Waals surface area contributed by atoms with Crippen LogP contribution in [0.1, 0.15) is 11.1 Å². The van der Waals surface area contributed by atoms with Crippen molar-refractivity contribution >= 4 is 17.6 Å². The van der Waals surface area contributed by atoms with Crippen molar-refractivity contribution in [1.82, 2.24) is 0 Å². The summed E-state index contributed by atoms with van der Waals surface area (Å²) in [6.07, 6.45) is 0.485. The van der Waals surface area contributed by atoms with Crippen LogP contribution in [-0.4, -0.2) is 11.1 Å². The van der Waals surface area contributed by atoms with Crippen molar-refractivity contribution in [3.05, 3.63) is 70.5 Å². The highest BCUT2D eigenvalue weighted by atomic mass is 35.5. The van der Waals surface area contributed by atoms with Gasteiger partial charge in [-0.3, -0.25) is 4.79 Å². The Kier molecular flexibility index (Phi) is 4.74. The van der Waals surface area contributed by atoms with E-state index >= 15 is 0 Å². The fourth-order valence-electron chi connectivity index (χ4n) is 2.12. The molecule has 2 rings (SSSR count). The molecule has 0 fully saturated rings. The summed E-state index contributed by atoms with van der Waals surface area (Å²) < 4.78 is 13.8. The van der Waals surface area contributed by atoms with Gasteiger partial charge in [0, 0.05) is 0 Å². The van der Waals surface area contributed by atoms with Gasteiger partial charge in [-0.25, -0.2) is 4.39 Å². The highest BCUT2D eigenvalue weighted by Gasteiger charge is 2.20. The van der Waals surface area contributed by atoms with Gasteiger partial charge in [-0.1, -0.05) is 54.1 Å².